The second-order valence-corrected chi connectivity index (χ2v) is 7.07. The minimum absolute atomic E-state index is 0.00491. The third-order valence-electron chi connectivity index (χ3n) is 3.59. The Labute approximate surface area is 147 Å². The van der Waals surface area contributed by atoms with Gasteiger partial charge < -0.3 is 15.4 Å². The summed E-state index contributed by atoms with van der Waals surface area (Å²) < 4.78 is 27.6. The fourth-order valence-corrected chi connectivity index (χ4v) is 2.64. The molecule has 2 rings (SSSR count). The maximum atomic E-state index is 12.2. The van der Waals surface area contributed by atoms with Gasteiger partial charge in [-0.3, -0.25) is 4.79 Å². The average Bonchev–Trinajstić information content (AvgIpc) is 2.59. The lowest BCUT2D eigenvalue weighted by molar-refractivity contribution is -0.117. The van der Waals surface area contributed by atoms with Crippen molar-refractivity contribution in [2.75, 3.05) is 12.4 Å². The maximum absolute atomic E-state index is 12.2. The van der Waals surface area contributed by atoms with Gasteiger partial charge in [-0.05, 0) is 48.9 Å². The Morgan fingerprint density at radius 1 is 1.20 bits per heavy atom. The Balaban J connectivity index is 1.91. The lowest BCUT2D eigenvalue weighted by atomic mass is 10.2. The molecule has 0 bridgehead atoms. The second-order valence-electron chi connectivity index (χ2n) is 5.51. The van der Waals surface area contributed by atoms with Crippen LogP contribution in [0, 0.1) is 0 Å². The average molecular weight is 363 g/mol. The summed E-state index contributed by atoms with van der Waals surface area (Å²) in [6.45, 7) is 2.25. The highest BCUT2D eigenvalue weighted by Gasteiger charge is 2.13. The van der Waals surface area contributed by atoms with Gasteiger partial charge in [-0.2, -0.15) is 0 Å². The molecule has 134 valence electrons. The third kappa shape index (κ3) is 5.56. The van der Waals surface area contributed by atoms with E-state index >= 15 is 0 Å². The van der Waals surface area contributed by atoms with Crippen LogP contribution < -0.4 is 20.5 Å². The number of carbonyl (C=O) groups is 1. The number of hydrogen-bond acceptors (Lipinski definition) is 5. The molecule has 4 N–H and O–H groups in total. The predicted molar refractivity (Wildman–Crippen MR) is 95.7 cm³/mol. The van der Waals surface area contributed by atoms with Crippen LogP contribution >= 0.6 is 0 Å². The number of nitrogens with one attached hydrogen (secondary N) is 2. The molecule has 25 heavy (non-hydrogen) atoms. The number of primary sulfonamides is 1. The van der Waals surface area contributed by atoms with Crippen molar-refractivity contribution in [3.63, 3.8) is 0 Å². The van der Waals surface area contributed by atoms with Crippen molar-refractivity contribution in [3.05, 3.63) is 54.1 Å². The van der Waals surface area contributed by atoms with Crippen molar-refractivity contribution in [3.8, 4) is 5.75 Å². The number of rotatable bonds is 7. The predicted octanol–water partition coefficient (Wildman–Crippen LogP) is 1.46. The van der Waals surface area contributed by atoms with Crippen LogP contribution in [-0.2, 0) is 21.4 Å². The van der Waals surface area contributed by atoms with Crippen LogP contribution in [0.4, 0.5) is 5.69 Å². The summed E-state index contributed by atoms with van der Waals surface area (Å²) in [6.07, 6.45) is 0. The van der Waals surface area contributed by atoms with Gasteiger partial charge in [-0.25, -0.2) is 13.6 Å². The van der Waals surface area contributed by atoms with E-state index in [9.17, 15) is 13.2 Å². The summed E-state index contributed by atoms with van der Waals surface area (Å²) in [5.74, 6) is 0.526. The topological polar surface area (TPSA) is 111 Å². The van der Waals surface area contributed by atoms with E-state index in [4.69, 9.17) is 9.88 Å². The number of nitrogens with two attached hydrogens (primary N) is 1. The van der Waals surface area contributed by atoms with Crippen molar-refractivity contribution in [2.24, 2.45) is 5.14 Å². The van der Waals surface area contributed by atoms with E-state index in [0.29, 0.717) is 12.2 Å². The van der Waals surface area contributed by atoms with Crippen LogP contribution in [0.25, 0.3) is 0 Å². The van der Waals surface area contributed by atoms with Crippen LogP contribution in [0.3, 0.4) is 0 Å². The standard InChI is InChI=1S/C17H21N3O4S/c1-12(19-11-13-4-3-5-15(10-13)24-2)17(21)20-14-6-8-16(9-7-14)25(18,22)23/h3-10,12,19H,11H2,1-2H3,(H,20,21)(H2,18,22,23)/t12-/m0/s1. The molecule has 8 heteroatoms. The molecule has 7 nitrogen and oxygen atoms in total. The Kier molecular flexibility index (Phi) is 6.13. The van der Waals surface area contributed by atoms with Crippen molar-refractivity contribution >= 4 is 21.6 Å². The van der Waals surface area contributed by atoms with Crippen molar-refractivity contribution in [1.29, 1.82) is 0 Å². The number of carbonyl (C=O) groups excluding carboxylic acids is 1. The number of ether oxygens (including phenoxy) is 1. The molecule has 0 radical (unpaired) electrons. The zero-order valence-corrected chi connectivity index (χ0v) is 14.8. The van der Waals surface area contributed by atoms with Crippen LogP contribution in [0.1, 0.15) is 12.5 Å². The molecule has 0 aliphatic heterocycles. The van der Waals surface area contributed by atoms with Gasteiger partial charge in [-0.1, -0.05) is 12.1 Å². The quantitative estimate of drug-likeness (QED) is 0.690. The first-order chi connectivity index (χ1) is 11.8. The number of benzene rings is 2. The molecule has 0 aromatic heterocycles. The zero-order valence-electron chi connectivity index (χ0n) is 14.0. The van der Waals surface area contributed by atoms with Crippen LogP contribution in [0.2, 0.25) is 0 Å². The molecule has 0 fully saturated rings. The van der Waals surface area contributed by atoms with Crippen LogP contribution in [0.15, 0.2) is 53.4 Å². The maximum Gasteiger partial charge on any atom is 0.241 e. The van der Waals surface area contributed by atoms with E-state index in [1.54, 1.807) is 14.0 Å². The fourth-order valence-electron chi connectivity index (χ4n) is 2.12. The SMILES string of the molecule is COc1cccc(CN[C@@H](C)C(=O)Nc2ccc(S(N)(=O)=O)cc2)c1. The molecular formula is C17H21N3O4S. The van der Waals surface area contributed by atoms with E-state index in [2.05, 4.69) is 10.6 Å². The molecule has 0 saturated carbocycles. The summed E-state index contributed by atoms with van der Waals surface area (Å²) in [7, 11) is -2.14. The Bertz CT molecular complexity index is 835. The summed E-state index contributed by atoms with van der Waals surface area (Å²) in [6, 6.07) is 12.8. The third-order valence-corrected chi connectivity index (χ3v) is 4.52. The van der Waals surface area contributed by atoms with E-state index in [1.807, 2.05) is 24.3 Å². The monoisotopic (exact) mass is 363 g/mol. The van der Waals surface area contributed by atoms with E-state index in [1.165, 1.54) is 24.3 Å². The smallest absolute Gasteiger partial charge is 0.241 e. The van der Waals surface area contributed by atoms with E-state index in [-0.39, 0.29) is 10.8 Å². The highest BCUT2D eigenvalue weighted by Crippen LogP contribution is 2.14. The highest BCUT2D eigenvalue weighted by molar-refractivity contribution is 7.89. The van der Waals surface area contributed by atoms with E-state index in [0.717, 1.165) is 11.3 Å². The molecule has 0 unspecified atom stereocenters. The van der Waals surface area contributed by atoms with Gasteiger partial charge in [0.1, 0.15) is 5.75 Å². The summed E-state index contributed by atoms with van der Waals surface area (Å²) in [5, 5.41) is 10.9. The molecule has 0 aliphatic rings. The first-order valence-corrected chi connectivity index (χ1v) is 9.14. The Morgan fingerprint density at radius 2 is 1.88 bits per heavy atom. The lowest BCUT2D eigenvalue weighted by Crippen LogP contribution is -2.37. The first-order valence-electron chi connectivity index (χ1n) is 7.59. The number of hydrogen-bond donors (Lipinski definition) is 3. The molecule has 1 amide bonds. The minimum Gasteiger partial charge on any atom is -0.497 e. The number of anilines is 1. The normalized spacial score (nSPS) is 12.4. The van der Waals surface area contributed by atoms with Crippen LogP contribution in [0.5, 0.6) is 5.75 Å². The summed E-state index contributed by atoms with van der Waals surface area (Å²) >= 11 is 0. The fraction of sp³-hybridized carbons (Fsp3) is 0.235. The van der Waals surface area contributed by atoms with Gasteiger partial charge in [0.25, 0.3) is 0 Å². The lowest BCUT2D eigenvalue weighted by Gasteiger charge is -2.14. The van der Waals surface area contributed by atoms with Gasteiger partial charge in [0.05, 0.1) is 18.0 Å². The highest BCUT2D eigenvalue weighted by atomic mass is 32.2. The molecule has 2 aromatic rings. The number of amides is 1. The van der Waals surface area contributed by atoms with E-state index < -0.39 is 16.1 Å². The van der Waals surface area contributed by atoms with Crippen molar-refractivity contribution < 1.29 is 17.9 Å². The van der Waals surface area contributed by atoms with Gasteiger partial charge >= 0.3 is 0 Å². The summed E-state index contributed by atoms with van der Waals surface area (Å²) in [5.41, 5.74) is 1.49. The largest absolute Gasteiger partial charge is 0.497 e. The van der Waals surface area contributed by atoms with Crippen molar-refractivity contribution in [1.82, 2.24) is 5.32 Å². The first kappa shape index (κ1) is 18.9. The molecule has 1 atom stereocenters. The van der Waals surface area contributed by atoms with Crippen molar-refractivity contribution in [2.45, 2.75) is 24.4 Å². The molecule has 0 heterocycles. The number of sulfonamides is 1. The number of methoxy groups -OCH3 is 1. The van der Waals surface area contributed by atoms with Gasteiger partial charge in [0.2, 0.25) is 15.9 Å². The minimum atomic E-state index is -3.74. The van der Waals surface area contributed by atoms with Gasteiger partial charge in [0.15, 0.2) is 0 Å². The Hall–Kier alpha value is -2.42. The van der Waals surface area contributed by atoms with Gasteiger partial charge in [0, 0.05) is 12.2 Å². The molecule has 0 saturated heterocycles. The Morgan fingerprint density at radius 3 is 2.48 bits per heavy atom. The molecule has 0 spiro atoms. The molecule has 0 aliphatic carbocycles. The van der Waals surface area contributed by atoms with Gasteiger partial charge in [-0.15, -0.1) is 0 Å². The second kappa shape index (κ2) is 8.11. The van der Waals surface area contributed by atoms with Crippen LogP contribution in [-0.4, -0.2) is 27.5 Å². The molecular weight excluding hydrogens is 342 g/mol. The molecule has 2 aromatic carbocycles. The zero-order chi connectivity index (χ0) is 18.4. The summed E-state index contributed by atoms with van der Waals surface area (Å²) in [4.78, 5) is 12.2.